The molecule has 112 valence electrons. The fraction of sp³-hybridized carbons (Fsp3) is 0.412. The van der Waals surface area contributed by atoms with Gasteiger partial charge in [0.15, 0.2) is 0 Å². The van der Waals surface area contributed by atoms with Gasteiger partial charge in [-0.3, -0.25) is 0 Å². The van der Waals surface area contributed by atoms with Crippen molar-refractivity contribution in [2.24, 2.45) is 5.92 Å². The number of thiazole rings is 1. The van der Waals surface area contributed by atoms with Crippen molar-refractivity contribution in [2.45, 2.75) is 40.0 Å². The van der Waals surface area contributed by atoms with Crippen molar-refractivity contribution in [3.8, 4) is 10.6 Å². The Hall–Kier alpha value is -1.68. The topological polar surface area (TPSA) is 50.2 Å². The number of carbonyl (C=O) groups is 1. The van der Waals surface area contributed by atoms with E-state index in [9.17, 15) is 9.90 Å². The first-order valence-corrected chi connectivity index (χ1v) is 8.15. The van der Waals surface area contributed by atoms with Gasteiger partial charge in [0.2, 0.25) is 0 Å². The van der Waals surface area contributed by atoms with Crippen molar-refractivity contribution in [2.75, 3.05) is 0 Å². The molecular formula is C17H21NO2S. The van der Waals surface area contributed by atoms with Gasteiger partial charge in [-0.1, -0.05) is 51.5 Å². The van der Waals surface area contributed by atoms with E-state index in [0.29, 0.717) is 22.9 Å². The highest BCUT2D eigenvalue weighted by Gasteiger charge is 2.17. The largest absolute Gasteiger partial charge is 0.477 e. The summed E-state index contributed by atoms with van der Waals surface area (Å²) in [6.07, 6.45) is 2.67. The maximum absolute atomic E-state index is 11.3. The molecule has 0 aliphatic carbocycles. The van der Waals surface area contributed by atoms with Crippen LogP contribution in [0.3, 0.4) is 0 Å². The zero-order valence-corrected chi connectivity index (χ0v) is 13.5. The van der Waals surface area contributed by atoms with E-state index in [-0.39, 0.29) is 0 Å². The van der Waals surface area contributed by atoms with Gasteiger partial charge >= 0.3 is 5.97 Å². The lowest BCUT2D eigenvalue weighted by Gasteiger charge is -2.05. The molecule has 4 heteroatoms. The third kappa shape index (κ3) is 3.91. The minimum Gasteiger partial charge on any atom is -0.477 e. The first-order chi connectivity index (χ1) is 10.0. The summed E-state index contributed by atoms with van der Waals surface area (Å²) in [6.45, 7) is 6.43. The highest BCUT2D eigenvalue weighted by Crippen LogP contribution is 2.29. The van der Waals surface area contributed by atoms with E-state index in [1.807, 2.05) is 19.1 Å². The Labute approximate surface area is 129 Å². The van der Waals surface area contributed by atoms with E-state index >= 15 is 0 Å². The van der Waals surface area contributed by atoms with Crippen LogP contribution < -0.4 is 0 Å². The first kappa shape index (κ1) is 15.7. The Bertz CT molecular complexity index is 614. The van der Waals surface area contributed by atoms with E-state index in [4.69, 9.17) is 0 Å². The lowest BCUT2D eigenvalue weighted by molar-refractivity contribution is 0.0700. The standard InChI is InChI=1S/C17H21NO2S/c1-4-5-14-15(17(19)20)21-16(18-14)13-8-6-12(7-9-13)10-11(2)3/h6-9,11H,4-5,10H2,1-3H3,(H,19,20). The van der Waals surface area contributed by atoms with Crippen LogP contribution in [0.5, 0.6) is 0 Å². The second-order valence-corrected chi connectivity index (χ2v) is 6.64. The SMILES string of the molecule is CCCc1nc(-c2ccc(CC(C)C)cc2)sc1C(=O)O. The number of aromatic nitrogens is 1. The summed E-state index contributed by atoms with van der Waals surface area (Å²) in [7, 11) is 0. The van der Waals surface area contributed by atoms with Crippen molar-refractivity contribution < 1.29 is 9.90 Å². The van der Waals surface area contributed by atoms with Crippen LogP contribution in [0.15, 0.2) is 24.3 Å². The minimum atomic E-state index is -0.876. The Morgan fingerprint density at radius 1 is 1.29 bits per heavy atom. The quantitative estimate of drug-likeness (QED) is 0.844. The maximum atomic E-state index is 11.3. The monoisotopic (exact) mass is 303 g/mol. The van der Waals surface area contributed by atoms with Gasteiger partial charge in [0.05, 0.1) is 5.69 Å². The average molecular weight is 303 g/mol. The minimum absolute atomic E-state index is 0.373. The van der Waals surface area contributed by atoms with Gasteiger partial charge in [-0.2, -0.15) is 0 Å². The van der Waals surface area contributed by atoms with Crippen molar-refractivity contribution in [3.05, 3.63) is 40.4 Å². The molecule has 0 spiro atoms. The van der Waals surface area contributed by atoms with Crippen LogP contribution in [0, 0.1) is 5.92 Å². The van der Waals surface area contributed by atoms with E-state index in [2.05, 4.69) is 31.0 Å². The number of aryl methyl sites for hydroxylation is 1. The molecule has 0 atom stereocenters. The summed E-state index contributed by atoms with van der Waals surface area (Å²) >= 11 is 1.27. The molecule has 0 aliphatic heterocycles. The molecule has 1 N–H and O–H groups in total. The fourth-order valence-electron chi connectivity index (χ4n) is 2.30. The Morgan fingerprint density at radius 2 is 1.95 bits per heavy atom. The van der Waals surface area contributed by atoms with Crippen molar-refractivity contribution in [1.29, 1.82) is 0 Å². The molecule has 0 radical (unpaired) electrons. The van der Waals surface area contributed by atoms with Crippen LogP contribution in [0.2, 0.25) is 0 Å². The first-order valence-electron chi connectivity index (χ1n) is 7.33. The predicted octanol–water partition coefficient (Wildman–Crippen LogP) is 4.66. The molecule has 2 rings (SSSR count). The van der Waals surface area contributed by atoms with Crippen molar-refractivity contribution in [3.63, 3.8) is 0 Å². The van der Waals surface area contributed by atoms with Gasteiger partial charge in [0.25, 0.3) is 0 Å². The third-order valence-corrected chi connectivity index (χ3v) is 4.36. The Morgan fingerprint density at radius 3 is 2.48 bits per heavy atom. The molecule has 0 amide bonds. The molecule has 1 aromatic heterocycles. The summed E-state index contributed by atoms with van der Waals surface area (Å²) in [6, 6.07) is 8.29. The summed E-state index contributed by atoms with van der Waals surface area (Å²) in [5, 5.41) is 10.1. The highest BCUT2D eigenvalue weighted by molar-refractivity contribution is 7.17. The number of nitrogens with zero attached hydrogens (tertiary/aromatic N) is 1. The number of carboxylic acids is 1. The smallest absolute Gasteiger partial charge is 0.347 e. The molecule has 1 aromatic carbocycles. The van der Waals surface area contributed by atoms with Gasteiger partial charge in [-0.05, 0) is 24.3 Å². The number of hydrogen-bond donors (Lipinski definition) is 1. The summed E-state index contributed by atoms with van der Waals surface area (Å²) in [5.74, 6) is -0.246. The highest BCUT2D eigenvalue weighted by atomic mass is 32.1. The van der Waals surface area contributed by atoms with Gasteiger partial charge in [-0.15, -0.1) is 11.3 Å². The molecule has 2 aromatic rings. The molecule has 0 saturated carbocycles. The number of benzene rings is 1. The fourth-order valence-corrected chi connectivity index (χ4v) is 3.26. The molecule has 0 fully saturated rings. The number of carboxylic acid groups (broad SMARTS) is 1. The lowest BCUT2D eigenvalue weighted by atomic mass is 10.0. The van der Waals surface area contributed by atoms with Crippen LogP contribution in [0.1, 0.15) is 48.1 Å². The molecule has 21 heavy (non-hydrogen) atoms. The van der Waals surface area contributed by atoms with Crippen LogP contribution in [-0.4, -0.2) is 16.1 Å². The van der Waals surface area contributed by atoms with E-state index in [1.165, 1.54) is 16.9 Å². The molecule has 0 bridgehead atoms. The van der Waals surface area contributed by atoms with Crippen molar-refractivity contribution in [1.82, 2.24) is 4.98 Å². The second-order valence-electron chi connectivity index (χ2n) is 5.64. The van der Waals surface area contributed by atoms with Gasteiger partial charge < -0.3 is 5.11 Å². The lowest BCUT2D eigenvalue weighted by Crippen LogP contribution is -1.98. The zero-order valence-electron chi connectivity index (χ0n) is 12.7. The number of hydrogen-bond acceptors (Lipinski definition) is 3. The summed E-state index contributed by atoms with van der Waals surface area (Å²) in [4.78, 5) is 16.2. The van der Waals surface area contributed by atoms with Gasteiger partial charge in [0, 0.05) is 5.56 Å². The average Bonchev–Trinajstić information content (AvgIpc) is 2.83. The zero-order chi connectivity index (χ0) is 15.4. The number of aromatic carboxylic acids is 1. The Kier molecular flexibility index (Phi) is 5.12. The van der Waals surface area contributed by atoms with Crippen LogP contribution in [-0.2, 0) is 12.8 Å². The maximum Gasteiger partial charge on any atom is 0.347 e. The summed E-state index contributed by atoms with van der Waals surface area (Å²) < 4.78 is 0. The summed E-state index contributed by atoms with van der Waals surface area (Å²) in [5.41, 5.74) is 3.01. The number of rotatable bonds is 6. The van der Waals surface area contributed by atoms with Crippen molar-refractivity contribution >= 4 is 17.3 Å². The van der Waals surface area contributed by atoms with Crippen LogP contribution in [0.25, 0.3) is 10.6 Å². The molecule has 0 saturated heterocycles. The molecule has 0 unspecified atom stereocenters. The molecular weight excluding hydrogens is 282 g/mol. The molecule has 3 nitrogen and oxygen atoms in total. The molecule has 1 heterocycles. The third-order valence-electron chi connectivity index (χ3n) is 3.22. The van der Waals surface area contributed by atoms with Crippen LogP contribution in [0.4, 0.5) is 0 Å². The Balaban J connectivity index is 2.29. The van der Waals surface area contributed by atoms with Gasteiger partial charge in [0.1, 0.15) is 9.88 Å². The van der Waals surface area contributed by atoms with Gasteiger partial charge in [-0.25, -0.2) is 9.78 Å². The van der Waals surface area contributed by atoms with Crippen LogP contribution >= 0.6 is 11.3 Å². The predicted molar refractivity (Wildman–Crippen MR) is 87.0 cm³/mol. The molecule has 0 aliphatic rings. The van der Waals surface area contributed by atoms with E-state index < -0.39 is 5.97 Å². The van der Waals surface area contributed by atoms with E-state index in [1.54, 1.807) is 0 Å². The second kappa shape index (κ2) is 6.85. The normalized spacial score (nSPS) is 11.0. The van der Waals surface area contributed by atoms with E-state index in [0.717, 1.165) is 23.4 Å².